The fourth-order valence-corrected chi connectivity index (χ4v) is 2.10. The summed E-state index contributed by atoms with van der Waals surface area (Å²) < 4.78 is 0. The summed E-state index contributed by atoms with van der Waals surface area (Å²) in [5.74, 6) is -4.29. The zero-order valence-corrected chi connectivity index (χ0v) is 16.1. The first-order valence-corrected chi connectivity index (χ1v) is 8.87. The van der Waals surface area contributed by atoms with E-state index in [2.05, 4.69) is 28.6 Å². The molecule has 12 heteroatoms. The maximum Gasteiger partial charge on any atom is 0.327 e. The van der Waals surface area contributed by atoms with E-state index >= 15 is 0 Å². The van der Waals surface area contributed by atoms with E-state index in [9.17, 15) is 24.0 Å². The van der Waals surface area contributed by atoms with Crippen LogP contribution in [0.2, 0.25) is 0 Å². The minimum Gasteiger partial charge on any atom is -0.480 e. The Hall–Kier alpha value is -2.34. The van der Waals surface area contributed by atoms with Crippen LogP contribution in [0.3, 0.4) is 0 Å². The molecule has 0 heterocycles. The monoisotopic (exact) mass is 405 g/mol. The number of hydrogen-bond donors (Lipinski definition) is 7. The van der Waals surface area contributed by atoms with Gasteiger partial charge in [0.25, 0.3) is 0 Å². The van der Waals surface area contributed by atoms with Crippen LogP contribution in [0.1, 0.15) is 26.7 Å². The Morgan fingerprint density at radius 1 is 1.04 bits per heavy atom. The first-order chi connectivity index (χ1) is 12.5. The van der Waals surface area contributed by atoms with Crippen molar-refractivity contribution in [2.45, 2.75) is 44.8 Å². The van der Waals surface area contributed by atoms with Crippen molar-refractivity contribution < 1.29 is 29.1 Å². The van der Waals surface area contributed by atoms with Crippen LogP contribution in [0.4, 0.5) is 0 Å². The molecule has 11 nitrogen and oxygen atoms in total. The quantitative estimate of drug-likeness (QED) is 0.172. The first-order valence-electron chi connectivity index (χ1n) is 8.24. The number of amides is 4. The highest BCUT2D eigenvalue weighted by molar-refractivity contribution is 7.80. The number of hydrogen-bond acceptors (Lipinski definition) is 7. The smallest absolute Gasteiger partial charge is 0.327 e. The number of carboxylic acids is 1. The van der Waals surface area contributed by atoms with Crippen LogP contribution in [-0.4, -0.2) is 65.1 Å². The molecule has 0 bridgehead atoms. The molecule has 0 spiro atoms. The number of carboxylic acid groups (broad SMARTS) is 1. The maximum atomic E-state index is 12.2. The molecule has 0 aliphatic heterocycles. The van der Waals surface area contributed by atoms with Gasteiger partial charge in [0.1, 0.15) is 12.1 Å². The van der Waals surface area contributed by atoms with Crippen molar-refractivity contribution in [3.63, 3.8) is 0 Å². The van der Waals surface area contributed by atoms with Crippen molar-refractivity contribution in [3.8, 4) is 0 Å². The predicted molar refractivity (Wildman–Crippen MR) is 99.6 cm³/mol. The van der Waals surface area contributed by atoms with Crippen molar-refractivity contribution in [1.29, 1.82) is 0 Å². The van der Waals surface area contributed by atoms with Crippen LogP contribution in [0.25, 0.3) is 0 Å². The van der Waals surface area contributed by atoms with Gasteiger partial charge < -0.3 is 32.5 Å². The Balaban J connectivity index is 4.83. The van der Waals surface area contributed by atoms with Crippen LogP contribution in [-0.2, 0) is 24.0 Å². The predicted octanol–water partition coefficient (Wildman–Crippen LogP) is -2.66. The summed E-state index contributed by atoms with van der Waals surface area (Å²) in [5.41, 5.74) is 10.8. The average molecular weight is 405 g/mol. The van der Waals surface area contributed by atoms with Crippen molar-refractivity contribution in [2.24, 2.45) is 17.4 Å². The standard InChI is InChI=1S/C15H27N5O6S/c1-7(2)12(17)14(24)20-8(3-4-10(16)21)13(23)18-5-11(22)19-9(6-27)15(25)26/h7-9,12,27H,3-6,17H2,1-2H3,(H2,16,21)(H,18,23)(H,19,22)(H,20,24)(H,25,26). The summed E-state index contributed by atoms with van der Waals surface area (Å²) in [4.78, 5) is 57.8. The van der Waals surface area contributed by atoms with Gasteiger partial charge in [-0.15, -0.1) is 0 Å². The number of primary amides is 1. The van der Waals surface area contributed by atoms with Gasteiger partial charge in [-0.05, 0) is 12.3 Å². The SMILES string of the molecule is CC(C)C(N)C(=O)NC(CCC(N)=O)C(=O)NCC(=O)NC(CS)C(=O)O. The molecular weight excluding hydrogens is 378 g/mol. The molecule has 0 saturated carbocycles. The molecule has 3 atom stereocenters. The number of carbonyl (C=O) groups is 5. The van der Waals surface area contributed by atoms with Gasteiger partial charge in [0.15, 0.2) is 0 Å². The van der Waals surface area contributed by atoms with E-state index in [1.165, 1.54) is 0 Å². The van der Waals surface area contributed by atoms with Gasteiger partial charge in [-0.2, -0.15) is 12.6 Å². The molecule has 0 aromatic heterocycles. The van der Waals surface area contributed by atoms with Gasteiger partial charge in [-0.1, -0.05) is 13.8 Å². The Morgan fingerprint density at radius 2 is 1.63 bits per heavy atom. The van der Waals surface area contributed by atoms with Gasteiger partial charge in [0, 0.05) is 12.2 Å². The van der Waals surface area contributed by atoms with Crippen molar-refractivity contribution in [2.75, 3.05) is 12.3 Å². The second kappa shape index (κ2) is 12.1. The number of aliphatic carboxylic acids is 1. The first kappa shape index (κ1) is 24.7. The van der Waals surface area contributed by atoms with Crippen molar-refractivity contribution in [1.82, 2.24) is 16.0 Å². The minimum atomic E-state index is -1.26. The maximum absolute atomic E-state index is 12.2. The largest absolute Gasteiger partial charge is 0.480 e. The van der Waals surface area contributed by atoms with Crippen molar-refractivity contribution >= 4 is 42.2 Å². The number of nitrogens with two attached hydrogens (primary N) is 2. The van der Waals surface area contributed by atoms with E-state index < -0.39 is 54.3 Å². The zero-order chi connectivity index (χ0) is 21.1. The van der Waals surface area contributed by atoms with Crippen LogP contribution >= 0.6 is 12.6 Å². The number of nitrogens with one attached hydrogen (secondary N) is 3. The molecule has 154 valence electrons. The Labute approximate surface area is 162 Å². The van der Waals surface area contributed by atoms with Crippen molar-refractivity contribution in [3.05, 3.63) is 0 Å². The Kier molecular flexibility index (Phi) is 11.1. The lowest BCUT2D eigenvalue weighted by Crippen LogP contribution is -2.54. The Bertz CT molecular complexity index is 571. The fraction of sp³-hybridized carbons (Fsp3) is 0.667. The summed E-state index contributed by atoms with van der Waals surface area (Å²) >= 11 is 3.80. The van der Waals surface area contributed by atoms with E-state index in [0.29, 0.717) is 0 Å². The third-order valence-electron chi connectivity index (χ3n) is 3.57. The normalized spacial score (nSPS) is 14.0. The molecule has 3 unspecified atom stereocenters. The molecule has 0 saturated heterocycles. The highest BCUT2D eigenvalue weighted by Gasteiger charge is 2.26. The topological polar surface area (TPSA) is 194 Å². The van der Waals surface area contributed by atoms with Gasteiger partial charge in [0.2, 0.25) is 23.6 Å². The van der Waals surface area contributed by atoms with Crippen LogP contribution < -0.4 is 27.4 Å². The number of thiol groups is 1. The molecule has 0 fully saturated rings. The number of rotatable bonds is 12. The molecule has 4 amide bonds. The van der Waals surface area contributed by atoms with E-state index in [0.717, 1.165) is 0 Å². The lowest BCUT2D eigenvalue weighted by Gasteiger charge is -2.22. The number of carbonyl (C=O) groups excluding carboxylic acids is 4. The van der Waals surface area contributed by atoms with Gasteiger partial charge in [-0.3, -0.25) is 19.2 Å². The average Bonchev–Trinajstić information content (AvgIpc) is 2.59. The summed E-state index contributed by atoms with van der Waals surface area (Å²) in [6.07, 6.45) is -0.240. The molecule has 0 aromatic rings. The van der Waals surface area contributed by atoms with E-state index in [1.54, 1.807) is 13.8 Å². The second-order valence-corrected chi connectivity index (χ2v) is 6.56. The fourth-order valence-electron chi connectivity index (χ4n) is 1.85. The summed E-state index contributed by atoms with van der Waals surface area (Å²) in [6, 6.07) is -3.18. The summed E-state index contributed by atoms with van der Waals surface area (Å²) in [7, 11) is 0. The van der Waals surface area contributed by atoms with E-state index in [4.69, 9.17) is 16.6 Å². The molecule has 0 aliphatic rings. The lowest BCUT2D eigenvalue weighted by molar-refractivity contribution is -0.141. The second-order valence-electron chi connectivity index (χ2n) is 6.19. The molecule has 0 rings (SSSR count). The highest BCUT2D eigenvalue weighted by Crippen LogP contribution is 2.02. The van der Waals surface area contributed by atoms with Gasteiger partial charge >= 0.3 is 5.97 Å². The summed E-state index contributed by atoms with van der Waals surface area (Å²) in [5, 5.41) is 15.7. The zero-order valence-electron chi connectivity index (χ0n) is 15.2. The lowest BCUT2D eigenvalue weighted by atomic mass is 10.0. The van der Waals surface area contributed by atoms with Crippen LogP contribution in [0, 0.1) is 5.92 Å². The summed E-state index contributed by atoms with van der Waals surface area (Å²) in [6.45, 7) is 2.94. The molecule has 27 heavy (non-hydrogen) atoms. The van der Waals surface area contributed by atoms with Crippen LogP contribution in [0.15, 0.2) is 0 Å². The molecule has 8 N–H and O–H groups in total. The van der Waals surface area contributed by atoms with Gasteiger partial charge in [0.05, 0.1) is 12.6 Å². The molecule has 0 aromatic carbocycles. The van der Waals surface area contributed by atoms with E-state index in [-0.39, 0.29) is 24.5 Å². The highest BCUT2D eigenvalue weighted by atomic mass is 32.1. The Morgan fingerprint density at radius 3 is 2.07 bits per heavy atom. The van der Waals surface area contributed by atoms with Gasteiger partial charge in [-0.25, -0.2) is 4.79 Å². The third kappa shape index (κ3) is 9.80. The molecule has 0 radical (unpaired) electrons. The van der Waals surface area contributed by atoms with Crippen LogP contribution in [0.5, 0.6) is 0 Å². The molecule has 0 aliphatic carbocycles. The molecular formula is C15H27N5O6S. The third-order valence-corrected chi connectivity index (χ3v) is 3.94. The minimum absolute atomic E-state index is 0.0757. The van der Waals surface area contributed by atoms with E-state index in [1.807, 2.05) is 0 Å².